The minimum Gasteiger partial charge on any atom is -0.378 e. The number of aromatic nitrogens is 2. The number of rotatable bonds is 26. The van der Waals surface area contributed by atoms with Crippen LogP contribution in [0.2, 0.25) is 5.02 Å². The van der Waals surface area contributed by atoms with Gasteiger partial charge in [-0.3, -0.25) is 45.4 Å². The summed E-state index contributed by atoms with van der Waals surface area (Å²) in [5, 5.41) is 70.4. The maximum absolute atomic E-state index is 13.3. The van der Waals surface area contributed by atoms with Gasteiger partial charge in [-0.2, -0.15) is 10.5 Å². The monoisotopic (exact) mass is 1860 g/mol. The molecule has 0 unspecified atom stereocenters. The molecule has 0 aliphatic carbocycles. The molecule has 5 amide bonds. The number of ether oxygens (including phenoxy) is 1. The molecule has 0 saturated carbocycles. The number of nitrogens with one attached hydrogen (secondary N) is 9. The summed E-state index contributed by atoms with van der Waals surface area (Å²) in [7, 11) is 3.18. The molecule has 10 aromatic rings. The van der Waals surface area contributed by atoms with Crippen LogP contribution in [0, 0.1) is 61.4 Å². The summed E-state index contributed by atoms with van der Waals surface area (Å²) >= 11 is 17.1. The minimum atomic E-state index is -0.529. The third kappa shape index (κ3) is 33.8. The maximum atomic E-state index is 13.3. The number of nitrogens with two attached hydrogens (primary N) is 5. The SMILES string of the molecule is CNC(=O)c1cccnc1CSC(=N)N.COc1ccc(CNC(=O)c2ccc(Br)cc2CSC(=N)N)cc1.N#Cc1ccc(CNC(=O)c2cc(Br)ccc2CSC(=N)N)cc1.N#Cc1ccc(CNC(=O)c2ccccc2C[Se]C(=N)N)cc1.N#Cc1ccc(CNC(=O)c2ncccc2CSC(N)=Nc2ccc(F)c(Cl)c2)cc1. The zero-order valence-corrected chi connectivity index (χ0v) is 71.6. The molecule has 0 saturated heterocycles. The first kappa shape index (κ1) is 94.0. The van der Waals surface area contributed by atoms with Crippen molar-refractivity contribution in [1.29, 1.82) is 37.4 Å². The van der Waals surface area contributed by atoms with Crippen LogP contribution < -0.4 is 60.0 Å². The molecule has 10 rings (SSSR count). The van der Waals surface area contributed by atoms with Crippen molar-refractivity contribution >= 4 is 166 Å². The number of thioether (sulfide) groups is 4. The van der Waals surface area contributed by atoms with Crippen molar-refractivity contribution in [3.05, 3.63) is 327 Å². The van der Waals surface area contributed by atoms with Crippen molar-refractivity contribution < 1.29 is 33.1 Å². The topological polar surface area (TPSA) is 490 Å². The van der Waals surface area contributed by atoms with Gasteiger partial charge in [0.05, 0.1) is 52.3 Å². The fourth-order valence-electron chi connectivity index (χ4n) is 9.72. The molecule has 0 bridgehead atoms. The van der Waals surface area contributed by atoms with E-state index < -0.39 is 5.82 Å². The first-order valence-electron chi connectivity index (χ1n) is 34.5. The third-order valence-electron chi connectivity index (χ3n) is 15.6. The average Bonchev–Trinajstić information content (AvgIpc) is 0.835. The van der Waals surface area contributed by atoms with E-state index in [1.165, 1.54) is 53.5 Å². The molecule has 2 heterocycles. The molecular formula is C82H78Br2ClFN20O6S4Se. The van der Waals surface area contributed by atoms with E-state index in [0.29, 0.717) is 116 Å². The third-order valence-corrected chi connectivity index (χ3v) is 21.6. The smallest absolute Gasteiger partial charge is 0.270 e. The molecule has 0 aliphatic heterocycles. The Labute approximate surface area is 720 Å². The summed E-state index contributed by atoms with van der Waals surface area (Å²) in [4.78, 5) is 73.9. The van der Waals surface area contributed by atoms with Crippen LogP contribution in [0.15, 0.2) is 227 Å². The fraction of sp³-hybridized carbons (Fsp3) is 0.134. The van der Waals surface area contributed by atoms with Crippen molar-refractivity contribution in [3.8, 4) is 24.0 Å². The number of nitrogens with zero attached hydrogens (tertiary/aromatic N) is 6. The number of nitriles is 3. The first-order chi connectivity index (χ1) is 56.2. The predicted octanol–water partition coefficient (Wildman–Crippen LogP) is 13.6. The number of carbonyl (C=O) groups is 5. The first-order valence-corrected chi connectivity index (χ1v) is 42.4. The molecule has 0 fully saturated rings. The molecule has 2 aromatic heterocycles. The van der Waals surface area contributed by atoms with Gasteiger partial charge < -0.3 is 48.9 Å². The molecule has 26 nitrogen and oxygen atoms in total. The molecule has 0 aliphatic rings. The molecule has 35 heteroatoms. The van der Waals surface area contributed by atoms with Gasteiger partial charge in [-0.05, 0) is 137 Å². The second-order valence-corrected chi connectivity index (χ2v) is 32.2. The van der Waals surface area contributed by atoms with Crippen LogP contribution in [-0.4, -0.2) is 94.0 Å². The number of aliphatic imine (C=N–C) groups is 1. The van der Waals surface area contributed by atoms with Gasteiger partial charge in [0.2, 0.25) is 0 Å². The van der Waals surface area contributed by atoms with Crippen LogP contribution in [0.1, 0.15) is 119 Å². The normalized spacial score (nSPS) is 10.3. The van der Waals surface area contributed by atoms with E-state index in [1.807, 2.05) is 91.0 Å². The summed E-state index contributed by atoms with van der Waals surface area (Å²) in [6.07, 6.45) is 3.16. The number of amides is 5. The Morgan fingerprint density at radius 2 is 0.940 bits per heavy atom. The van der Waals surface area contributed by atoms with Crippen molar-refractivity contribution in [2.24, 2.45) is 33.7 Å². The Hall–Kier alpha value is -11.9. The summed E-state index contributed by atoms with van der Waals surface area (Å²) in [5.74, 6) is 0.990. The summed E-state index contributed by atoms with van der Waals surface area (Å²) < 4.78 is 20.2. The molecule has 600 valence electrons. The quantitative estimate of drug-likeness (QED) is 0.0136. The van der Waals surface area contributed by atoms with Crippen molar-refractivity contribution in [2.45, 2.75) is 54.5 Å². The van der Waals surface area contributed by atoms with Crippen molar-refractivity contribution in [1.82, 2.24) is 36.6 Å². The molecule has 8 aromatic carbocycles. The second-order valence-electron chi connectivity index (χ2n) is 23.8. The molecule has 0 atom stereocenters. The van der Waals surface area contributed by atoms with E-state index in [1.54, 1.807) is 118 Å². The number of halogens is 4. The summed E-state index contributed by atoms with van der Waals surface area (Å²) in [5.41, 5.74) is 39.7. The van der Waals surface area contributed by atoms with Crippen LogP contribution in [-0.2, 0) is 54.5 Å². The molecule has 117 heavy (non-hydrogen) atoms. The predicted molar refractivity (Wildman–Crippen MR) is 473 cm³/mol. The van der Waals surface area contributed by atoms with Crippen LogP contribution >= 0.6 is 90.5 Å². The van der Waals surface area contributed by atoms with E-state index in [-0.39, 0.29) is 74.9 Å². The Bertz CT molecular complexity index is 5320. The number of hydrogen-bond donors (Lipinski definition) is 14. The van der Waals surface area contributed by atoms with Crippen LogP contribution in [0.5, 0.6) is 5.75 Å². The largest absolute Gasteiger partial charge is 0.378 e. The second kappa shape index (κ2) is 50.5. The molecular weight excluding hydrogens is 1780 g/mol. The minimum absolute atomic E-state index is 0.0156. The van der Waals surface area contributed by atoms with Crippen molar-refractivity contribution in [3.63, 3.8) is 0 Å². The number of amidine groups is 5. The number of carbonyl (C=O) groups excluding carboxylic acids is 5. The van der Waals surface area contributed by atoms with Crippen molar-refractivity contribution in [2.75, 3.05) is 14.2 Å². The van der Waals surface area contributed by atoms with E-state index in [0.717, 1.165) is 65.4 Å². The number of hydrogen-bond acceptors (Lipinski definition) is 20. The van der Waals surface area contributed by atoms with Gasteiger partial charge in [-0.25, -0.2) is 9.38 Å². The van der Waals surface area contributed by atoms with Gasteiger partial charge in [0.1, 0.15) is 17.3 Å². The average molecular weight is 1860 g/mol. The van der Waals surface area contributed by atoms with Gasteiger partial charge >= 0.3 is 141 Å². The fourth-order valence-corrected chi connectivity index (χ4v) is 14.2. The van der Waals surface area contributed by atoms with Crippen LogP contribution in [0.3, 0.4) is 0 Å². The summed E-state index contributed by atoms with van der Waals surface area (Å²) in [6.45, 7) is 1.51. The van der Waals surface area contributed by atoms with E-state index in [2.05, 4.69) is 91.6 Å². The van der Waals surface area contributed by atoms with E-state index in [9.17, 15) is 28.4 Å². The van der Waals surface area contributed by atoms with Gasteiger partial charge in [-0.15, -0.1) is 0 Å². The Balaban J connectivity index is 0.000000231. The Morgan fingerprint density at radius 1 is 0.496 bits per heavy atom. The zero-order valence-electron chi connectivity index (χ0n) is 62.6. The van der Waals surface area contributed by atoms with Crippen LogP contribution in [0.25, 0.3) is 0 Å². The number of pyridine rings is 2. The summed E-state index contributed by atoms with van der Waals surface area (Å²) in [6, 6.07) is 64.1. The van der Waals surface area contributed by atoms with Gasteiger partial charge in [0.25, 0.3) is 23.6 Å². The van der Waals surface area contributed by atoms with Gasteiger partial charge in [-0.1, -0.05) is 139 Å². The van der Waals surface area contributed by atoms with Gasteiger partial charge in [0.15, 0.2) is 20.7 Å². The molecule has 0 spiro atoms. The standard InChI is InChI=1S/C22H17ClFN5OS.C17H15BrN4OS.C17H18BrN3O2S.C17H16N4OSe.C9H12N4OS/c23-18-10-17(7-8-19(18)24)29-22(26)31-13-16-2-1-9-27-20(16)21(30)28-12-15-5-3-14(11-25)4-6-15;18-14-6-5-13(10-24-17(20)21)15(7-14)16(23)22-9-12-3-1-11(8-19)2-4-12;1-23-14-5-2-11(3-6-14)9-21-16(22)15-7-4-13(18)8-12(15)10-24-17(19)20;18-9-12-5-7-13(8-6-12)10-21-16(22)15-4-2-1-3-14(15)11-23-17(19)20;1-12-8(14)6-3-2-4-13-7(6)5-15-9(10)11/h1-10H,12-13H2,(H2,26,29)(H,28,30);1-7H,9-10H2,(H3,20,21)(H,22,23);2-8H,9-10H2,1H3,(H3,19,20)(H,21,22);1-8H,10-11H2,(H3,19,20)(H,21,22);2-4H,5H2,1H3,(H3,10,11)(H,12,14). The Kier molecular flexibility index (Phi) is 40.5. The van der Waals surface area contributed by atoms with E-state index >= 15 is 0 Å². The maximum Gasteiger partial charge on any atom is 0.270 e. The van der Waals surface area contributed by atoms with Gasteiger partial charge in [0, 0.05) is 82.2 Å². The molecule has 0 radical (unpaired) electrons. The molecule has 19 N–H and O–H groups in total. The zero-order chi connectivity index (χ0) is 85.2. The number of benzene rings is 8. The Morgan fingerprint density at radius 3 is 1.45 bits per heavy atom. The van der Waals surface area contributed by atoms with E-state index in [4.69, 9.17) is 82.4 Å². The van der Waals surface area contributed by atoms with Crippen LogP contribution in [0.4, 0.5) is 10.1 Å². The number of methoxy groups -OCH3 is 1.